The average molecular weight is 391 g/mol. The van der Waals surface area contributed by atoms with Gasteiger partial charge in [-0.1, -0.05) is 74.3 Å². The van der Waals surface area contributed by atoms with Gasteiger partial charge >= 0.3 is 0 Å². The monoisotopic (exact) mass is 390 g/mol. The van der Waals surface area contributed by atoms with Crippen LogP contribution in [0.1, 0.15) is 76.7 Å². The number of carbonyl (C=O) groups excluding carboxylic acids is 1. The molecule has 1 aliphatic carbocycles. The lowest BCUT2D eigenvalue weighted by molar-refractivity contribution is -0.114. The minimum absolute atomic E-state index is 0.114. The number of unbranched alkanes of at least 4 members (excludes halogenated alkanes) is 3. The Morgan fingerprint density at radius 3 is 2.52 bits per heavy atom. The van der Waals surface area contributed by atoms with Crippen molar-refractivity contribution in [3.8, 4) is 0 Å². The van der Waals surface area contributed by atoms with Crippen LogP contribution in [0.5, 0.6) is 0 Å². The Bertz CT molecular complexity index is 634. The van der Waals surface area contributed by atoms with E-state index >= 15 is 0 Å². The molecular weight excluding hydrogens is 360 g/mol. The van der Waals surface area contributed by atoms with Gasteiger partial charge in [0.2, 0.25) is 0 Å². The van der Waals surface area contributed by atoms with E-state index in [0.717, 1.165) is 62.6 Å². The summed E-state index contributed by atoms with van der Waals surface area (Å²) in [6.07, 6.45) is 13.6. The summed E-state index contributed by atoms with van der Waals surface area (Å²) < 4.78 is 0. The SMILES string of the molecule is CCCCCCC(=O)C=C(c1ccc(Cl)cc1)N(C=NO)C1CCCCC1. The molecule has 0 bridgehead atoms. The second kappa shape index (κ2) is 11.8. The number of hydrogen-bond acceptors (Lipinski definition) is 3. The summed E-state index contributed by atoms with van der Waals surface area (Å²) in [5, 5.41) is 13.2. The van der Waals surface area contributed by atoms with Gasteiger partial charge in [-0.3, -0.25) is 4.79 Å². The van der Waals surface area contributed by atoms with Crippen LogP contribution in [-0.4, -0.2) is 28.3 Å². The highest BCUT2D eigenvalue weighted by Gasteiger charge is 2.23. The largest absolute Gasteiger partial charge is 0.410 e. The van der Waals surface area contributed by atoms with Crippen LogP contribution in [0.4, 0.5) is 0 Å². The van der Waals surface area contributed by atoms with Crippen LogP contribution in [0, 0.1) is 0 Å². The Hall–Kier alpha value is -1.81. The molecule has 0 saturated heterocycles. The van der Waals surface area contributed by atoms with Crippen LogP contribution in [0.15, 0.2) is 35.5 Å². The third kappa shape index (κ3) is 7.02. The third-order valence-corrected chi connectivity index (χ3v) is 5.39. The molecule has 4 nitrogen and oxygen atoms in total. The number of hydrogen-bond donors (Lipinski definition) is 1. The summed E-state index contributed by atoms with van der Waals surface area (Å²) in [5.41, 5.74) is 1.70. The number of halogens is 1. The van der Waals surface area contributed by atoms with Gasteiger partial charge in [0.15, 0.2) is 5.78 Å². The number of allylic oxidation sites excluding steroid dienone is 1. The third-order valence-electron chi connectivity index (χ3n) is 5.14. The lowest BCUT2D eigenvalue weighted by Crippen LogP contribution is -2.34. The summed E-state index contributed by atoms with van der Waals surface area (Å²) in [6, 6.07) is 7.72. The molecule has 1 saturated carbocycles. The topological polar surface area (TPSA) is 52.9 Å². The molecule has 0 heterocycles. The summed E-state index contributed by atoms with van der Waals surface area (Å²) in [4.78, 5) is 14.6. The second-order valence-corrected chi connectivity index (χ2v) is 7.68. The molecule has 0 aliphatic heterocycles. The molecule has 1 aromatic rings. The van der Waals surface area contributed by atoms with Gasteiger partial charge < -0.3 is 10.1 Å². The molecule has 0 radical (unpaired) electrons. The molecule has 27 heavy (non-hydrogen) atoms. The van der Waals surface area contributed by atoms with Gasteiger partial charge in [0.1, 0.15) is 6.34 Å². The van der Waals surface area contributed by atoms with E-state index in [1.807, 2.05) is 29.2 Å². The Kier molecular flexibility index (Phi) is 9.40. The van der Waals surface area contributed by atoms with Crippen molar-refractivity contribution >= 4 is 29.4 Å². The van der Waals surface area contributed by atoms with Gasteiger partial charge in [-0.15, -0.1) is 0 Å². The maximum atomic E-state index is 12.6. The molecule has 1 fully saturated rings. The highest BCUT2D eigenvalue weighted by Crippen LogP contribution is 2.29. The molecule has 0 aromatic heterocycles. The van der Waals surface area contributed by atoms with E-state index in [1.54, 1.807) is 6.08 Å². The molecule has 1 aliphatic rings. The van der Waals surface area contributed by atoms with E-state index in [2.05, 4.69) is 12.1 Å². The highest BCUT2D eigenvalue weighted by atomic mass is 35.5. The fraction of sp³-hybridized carbons (Fsp3) is 0.545. The van der Waals surface area contributed by atoms with E-state index < -0.39 is 0 Å². The lowest BCUT2D eigenvalue weighted by atomic mass is 9.93. The van der Waals surface area contributed by atoms with Crippen LogP contribution >= 0.6 is 11.6 Å². The van der Waals surface area contributed by atoms with Crippen molar-refractivity contribution in [2.24, 2.45) is 5.16 Å². The van der Waals surface area contributed by atoms with Crippen LogP contribution in [-0.2, 0) is 4.79 Å². The van der Waals surface area contributed by atoms with Gasteiger partial charge in [-0.25, -0.2) is 0 Å². The van der Waals surface area contributed by atoms with Crippen molar-refractivity contribution < 1.29 is 10.0 Å². The first kappa shape index (κ1) is 21.5. The van der Waals surface area contributed by atoms with Crippen LogP contribution < -0.4 is 0 Å². The van der Waals surface area contributed by atoms with Crippen molar-refractivity contribution in [3.05, 3.63) is 40.9 Å². The Morgan fingerprint density at radius 2 is 1.89 bits per heavy atom. The van der Waals surface area contributed by atoms with Gasteiger partial charge in [-0.05, 0) is 37.0 Å². The predicted molar refractivity (Wildman–Crippen MR) is 112 cm³/mol. The summed E-state index contributed by atoms with van der Waals surface area (Å²) in [7, 11) is 0. The predicted octanol–water partition coefficient (Wildman–Crippen LogP) is 6.27. The zero-order valence-electron chi connectivity index (χ0n) is 16.2. The van der Waals surface area contributed by atoms with Crippen molar-refractivity contribution in [2.75, 3.05) is 0 Å². The number of carbonyl (C=O) groups is 1. The molecule has 0 atom stereocenters. The maximum Gasteiger partial charge on any atom is 0.157 e. The highest BCUT2D eigenvalue weighted by molar-refractivity contribution is 6.30. The first-order chi connectivity index (χ1) is 13.2. The van der Waals surface area contributed by atoms with E-state index in [-0.39, 0.29) is 11.8 Å². The summed E-state index contributed by atoms with van der Waals surface area (Å²) in [5.74, 6) is 0.114. The van der Waals surface area contributed by atoms with E-state index in [0.29, 0.717) is 11.4 Å². The number of oxime groups is 1. The minimum Gasteiger partial charge on any atom is -0.410 e. The fourth-order valence-corrected chi connectivity index (χ4v) is 3.77. The van der Waals surface area contributed by atoms with Gasteiger partial charge in [0.25, 0.3) is 0 Å². The Labute approximate surface area is 167 Å². The maximum absolute atomic E-state index is 12.6. The number of ketones is 1. The lowest BCUT2D eigenvalue weighted by Gasteiger charge is -2.34. The van der Waals surface area contributed by atoms with Gasteiger partial charge in [0, 0.05) is 23.6 Å². The smallest absolute Gasteiger partial charge is 0.157 e. The van der Waals surface area contributed by atoms with Gasteiger partial charge in [-0.2, -0.15) is 0 Å². The fourth-order valence-electron chi connectivity index (χ4n) is 3.65. The standard InChI is InChI=1S/C22H31ClN2O2/c1-2-3-4-8-11-21(26)16-22(18-12-14-19(23)15-13-18)25(17-24-27)20-9-6-5-7-10-20/h12-17,20,27H,2-11H2,1H3. The Morgan fingerprint density at radius 1 is 1.19 bits per heavy atom. The van der Waals surface area contributed by atoms with Crippen LogP contribution in [0.2, 0.25) is 5.02 Å². The zero-order chi connectivity index (χ0) is 19.5. The van der Waals surface area contributed by atoms with Crippen molar-refractivity contribution in [1.82, 2.24) is 4.90 Å². The molecule has 5 heteroatoms. The van der Waals surface area contributed by atoms with E-state index in [1.165, 1.54) is 12.8 Å². The van der Waals surface area contributed by atoms with E-state index in [4.69, 9.17) is 11.6 Å². The molecule has 1 N–H and O–H groups in total. The first-order valence-corrected chi connectivity index (χ1v) is 10.5. The number of rotatable bonds is 10. The Balaban J connectivity index is 2.27. The normalized spacial score (nSPS) is 16.0. The number of benzene rings is 1. The minimum atomic E-state index is 0.114. The molecule has 1 aromatic carbocycles. The van der Waals surface area contributed by atoms with Crippen molar-refractivity contribution in [2.45, 2.75) is 77.2 Å². The zero-order valence-corrected chi connectivity index (χ0v) is 17.0. The molecule has 2 rings (SSSR count). The molecule has 0 amide bonds. The van der Waals surface area contributed by atoms with Crippen molar-refractivity contribution in [1.29, 1.82) is 0 Å². The molecule has 0 spiro atoms. The summed E-state index contributed by atoms with van der Waals surface area (Å²) >= 11 is 6.04. The van der Waals surface area contributed by atoms with Crippen LogP contribution in [0.3, 0.4) is 0 Å². The molecular formula is C22H31ClN2O2. The molecule has 0 unspecified atom stereocenters. The average Bonchev–Trinajstić information content (AvgIpc) is 2.69. The van der Waals surface area contributed by atoms with Crippen molar-refractivity contribution in [3.63, 3.8) is 0 Å². The van der Waals surface area contributed by atoms with Crippen LogP contribution in [0.25, 0.3) is 5.70 Å². The first-order valence-electron chi connectivity index (χ1n) is 10.1. The van der Waals surface area contributed by atoms with Gasteiger partial charge in [0.05, 0.1) is 5.70 Å². The second-order valence-electron chi connectivity index (χ2n) is 7.24. The van der Waals surface area contributed by atoms with E-state index in [9.17, 15) is 10.0 Å². The molecule has 148 valence electrons. The quantitative estimate of drug-likeness (QED) is 0.128. The number of nitrogens with zero attached hydrogens (tertiary/aromatic N) is 2. The summed E-state index contributed by atoms with van der Waals surface area (Å²) in [6.45, 7) is 2.16.